The molecule has 1 fully saturated rings. The van der Waals surface area contributed by atoms with Crippen molar-refractivity contribution in [3.63, 3.8) is 0 Å². The Kier molecular flexibility index (Phi) is 4.38. The predicted molar refractivity (Wildman–Crippen MR) is 66.3 cm³/mol. The Morgan fingerprint density at radius 1 is 1.00 bits per heavy atom. The summed E-state index contributed by atoms with van der Waals surface area (Å²) in [5.74, 6) is -0.653. The Hall–Kier alpha value is -0.630. The van der Waals surface area contributed by atoms with E-state index in [-0.39, 0.29) is 5.38 Å². The molecule has 2 atom stereocenters. The fraction of sp³-hybridized carbons (Fsp3) is 0.571. The van der Waals surface area contributed by atoms with Gasteiger partial charge in [0.15, 0.2) is 0 Å². The summed E-state index contributed by atoms with van der Waals surface area (Å²) >= 11 is 6.33. The van der Waals surface area contributed by atoms with E-state index in [2.05, 4.69) is 0 Å². The summed E-state index contributed by atoms with van der Waals surface area (Å²) in [5, 5.41) is 0.142. The third-order valence-electron chi connectivity index (χ3n) is 3.49. The minimum Gasteiger partial charge on any atom is -0.207 e. The lowest BCUT2D eigenvalue weighted by Gasteiger charge is -2.19. The molecule has 1 aromatic rings. The molecule has 0 aromatic heterocycles. The van der Waals surface area contributed by atoms with Crippen molar-refractivity contribution in [1.82, 2.24) is 0 Å². The van der Waals surface area contributed by atoms with Gasteiger partial charge in [0.25, 0.3) is 0 Å². The van der Waals surface area contributed by atoms with Gasteiger partial charge < -0.3 is 0 Å². The van der Waals surface area contributed by atoms with Gasteiger partial charge in [0.1, 0.15) is 11.6 Å². The molecule has 0 heterocycles. The zero-order valence-corrected chi connectivity index (χ0v) is 10.5. The molecule has 0 radical (unpaired) electrons. The minimum atomic E-state index is -0.500. The number of alkyl halides is 1. The van der Waals surface area contributed by atoms with Gasteiger partial charge in [-0.3, -0.25) is 0 Å². The summed E-state index contributed by atoms with van der Waals surface area (Å²) in [4.78, 5) is 0. The number of halogens is 3. The van der Waals surface area contributed by atoms with Crippen molar-refractivity contribution in [2.75, 3.05) is 0 Å². The maximum atomic E-state index is 13.1. The number of rotatable bonds is 2. The molecule has 1 aliphatic rings. The summed E-state index contributed by atoms with van der Waals surface area (Å²) in [5.41, 5.74) is 0.722. The molecule has 1 aromatic carbocycles. The molecular weight excluding hydrogens is 242 g/mol. The van der Waals surface area contributed by atoms with Gasteiger partial charge >= 0.3 is 0 Å². The molecule has 2 unspecified atom stereocenters. The Labute approximate surface area is 106 Å². The van der Waals surface area contributed by atoms with Crippen LogP contribution in [0.15, 0.2) is 18.2 Å². The lowest BCUT2D eigenvalue weighted by molar-refractivity contribution is 0.462. The summed E-state index contributed by atoms with van der Waals surface area (Å²) in [6.45, 7) is 0. The average molecular weight is 259 g/mol. The Balaban J connectivity index is 2.07. The second-order valence-electron chi connectivity index (χ2n) is 4.90. The first-order chi connectivity index (χ1) is 8.15. The first-order valence-corrected chi connectivity index (χ1v) is 6.68. The SMILES string of the molecule is Fc1cc(F)cc(CC2CCCCCC2Cl)c1. The predicted octanol–water partition coefficient (Wildman–Crippen LogP) is 4.70. The van der Waals surface area contributed by atoms with Crippen LogP contribution in [-0.4, -0.2) is 5.38 Å². The van der Waals surface area contributed by atoms with Gasteiger partial charge in [0.2, 0.25) is 0 Å². The quantitative estimate of drug-likeness (QED) is 0.533. The largest absolute Gasteiger partial charge is 0.207 e. The first-order valence-electron chi connectivity index (χ1n) is 6.24. The Bertz CT molecular complexity index is 358. The van der Waals surface area contributed by atoms with Crippen LogP contribution >= 0.6 is 11.6 Å². The molecule has 0 spiro atoms. The lowest BCUT2D eigenvalue weighted by atomic mass is 9.92. The highest BCUT2D eigenvalue weighted by Crippen LogP contribution is 2.30. The molecule has 17 heavy (non-hydrogen) atoms. The molecule has 94 valence electrons. The van der Waals surface area contributed by atoms with Crippen molar-refractivity contribution in [3.05, 3.63) is 35.4 Å². The first kappa shape index (κ1) is 12.8. The van der Waals surface area contributed by atoms with Crippen molar-refractivity contribution >= 4 is 11.6 Å². The van der Waals surface area contributed by atoms with E-state index in [1.54, 1.807) is 0 Å². The summed E-state index contributed by atoms with van der Waals surface area (Å²) < 4.78 is 26.2. The third-order valence-corrected chi connectivity index (χ3v) is 4.06. The van der Waals surface area contributed by atoms with Crippen molar-refractivity contribution in [1.29, 1.82) is 0 Å². The van der Waals surface area contributed by atoms with Crippen LogP contribution in [0.2, 0.25) is 0 Å². The summed E-state index contributed by atoms with van der Waals surface area (Å²) in [6, 6.07) is 3.74. The average Bonchev–Trinajstić information content (AvgIpc) is 2.43. The van der Waals surface area contributed by atoms with Crippen LogP contribution in [0.1, 0.15) is 37.7 Å². The zero-order chi connectivity index (χ0) is 12.3. The molecule has 0 nitrogen and oxygen atoms in total. The van der Waals surface area contributed by atoms with Crippen LogP contribution in [0, 0.1) is 17.6 Å². The van der Waals surface area contributed by atoms with Crippen LogP contribution in [0.5, 0.6) is 0 Å². The van der Waals surface area contributed by atoms with Gasteiger partial charge in [-0.15, -0.1) is 11.6 Å². The van der Waals surface area contributed by atoms with Crippen LogP contribution in [0.4, 0.5) is 8.78 Å². The molecule has 1 aliphatic carbocycles. The van der Waals surface area contributed by atoms with Gasteiger partial charge in [-0.25, -0.2) is 8.78 Å². The molecule has 0 aliphatic heterocycles. The van der Waals surface area contributed by atoms with E-state index < -0.39 is 11.6 Å². The Morgan fingerprint density at radius 2 is 1.65 bits per heavy atom. The van der Waals surface area contributed by atoms with Crippen LogP contribution in [-0.2, 0) is 6.42 Å². The molecule has 0 amide bonds. The van der Waals surface area contributed by atoms with Crippen molar-refractivity contribution < 1.29 is 8.78 Å². The van der Waals surface area contributed by atoms with Crippen LogP contribution in [0.25, 0.3) is 0 Å². The Morgan fingerprint density at radius 3 is 2.35 bits per heavy atom. The van der Waals surface area contributed by atoms with Crippen molar-refractivity contribution in [2.45, 2.75) is 43.9 Å². The summed E-state index contributed by atoms with van der Waals surface area (Å²) in [7, 11) is 0. The molecule has 1 saturated carbocycles. The van der Waals surface area contributed by atoms with E-state index in [0.717, 1.165) is 24.5 Å². The van der Waals surface area contributed by atoms with Gasteiger partial charge in [0.05, 0.1) is 0 Å². The van der Waals surface area contributed by atoms with E-state index in [0.29, 0.717) is 12.3 Å². The standard InChI is InChI=1S/C14H17ClF2/c15-14-5-3-1-2-4-11(14)6-10-7-12(16)9-13(17)8-10/h7-9,11,14H,1-6H2. The summed E-state index contributed by atoms with van der Waals surface area (Å²) in [6.07, 6.45) is 6.32. The molecule has 0 N–H and O–H groups in total. The topological polar surface area (TPSA) is 0 Å². The van der Waals surface area contributed by atoms with Gasteiger partial charge in [0, 0.05) is 11.4 Å². The molecule has 3 heteroatoms. The molecular formula is C14H17ClF2. The van der Waals surface area contributed by atoms with Gasteiger partial charge in [-0.2, -0.15) is 0 Å². The molecule has 2 rings (SSSR count). The third kappa shape index (κ3) is 3.67. The maximum Gasteiger partial charge on any atom is 0.126 e. The van der Waals surface area contributed by atoms with E-state index in [4.69, 9.17) is 11.6 Å². The fourth-order valence-electron chi connectivity index (χ4n) is 2.60. The molecule has 0 saturated heterocycles. The monoisotopic (exact) mass is 258 g/mol. The number of hydrogen-bond acceptors (Lipinski definition) is 0. The van der Waals surface area contributed by atoms with Gasteiger partial charge in [-0.05, 0) is 42.9 Å². The van der Waals surface area contributed by atoms with E-state index in [1.165, 1.54) is 31.4 Å². The van der Waals surface area contributed by atoms with Crippen molar-refractivity contribution in [3.8, 4) is 0 Å². The highest BCUT2D eigenvalue weighted by atomic mass is 35.5. The van der Waals surface area contributed by atoms with Crippen molar-refractivity contribution in [2.24, 2.45) is 5.92 Å². The van der Waals surface area contributed by atoms with Gasteiger partial charge in [-0.1, -0.05) is 19.3 Å². The van der Waals surface area contributed by atoms with E-state index in [9.17, 15) is 8.78 Å². The minimum absolute atomic E-state index is 0.142. The van der Waals surface area contributed by atoms with Crippen LogP contribution < -0.4 is 0 Å². The van der Waals surface area contributed by atoms with E-state index >= 15 is 0 Å². The second kappa shape index (κ2) is 5.81. The van der Waals surface area contributed by atoms with Crippen LogP contribution in [0.3, 0.4) is 0 Å². The number of benzene rings is 1. The number of hydrogen-bond donors (Lipinski definition) is 0. The highest BCUT2D eigenvalue weighted by Gasteiger charge is 2.22. The smallest absolute Gasteiger partial charge is 0.126 e. The second-order valence-corrected chi connectivity index (χ2v) is 5.46. The highest BCUT2D eigenvalue weighted by molar-refractivity contribution is 6.20. The lowest BCUT2D eigenvalue weighted by Crippen LogP contribution is -2.16. The van der Waals surface area contributed by atoms with E-state index in [1.807, 2.05) is 0 Å². The molecule has 0 bridgehead atoms. The zero-order valence-electron chi connectivity index (χ0n) is 9.76. The normalized spacial score (nSPS) is 25.6. The fourth-order valence-corrected chi connectivity index (χ4v) is 2.97. The maximum absolute atomic E-state index is 13.1.